The zero-order chi connectivity index (χ0) is 19.9. The summed E-state index contributed by atoms with van der Waals surface area (Å²) >= 11 is 1.69. The van der Waals surface area contributed by atoms with E-state index in [1.54, 1.807) is 18.4 Å². The highest BCUT2D eigenvalue weighted by molar-refractivity contribution is 14.0. The second-order valence-electron chi connectivity index (χ2n) is 7.94. The number of guanidine groups is 1. The van der Waals surface area contributed by atoms with Crippen molar-refractivity contribution in [3.05, 3.63) is 16.1 Å². The predicted octanol–water partition coefficient (Wildman–Crippen LogP) is 3.77. The molecule has 1 fully saturated rings. The first-order valence-electron chi connectivity index (χ1n) is 9.60. The van der Waals surface area contributed by atoms with Crippen LogP contribution in [-0.2, 0) is 11.3 Å². The van der Waals surface area contributed by atoms with Crippen LogP contribution >= 0.6 is 35.3 Å². The van der Waals surface area contributed by atoms with Crippen molar-refractivity contribution in [1.82, 2.24) is 20.5 Å². The molecule has 28 heavy (non-hydrogen) atoms. The summed E-state index contributed by atoms with van der Waals surface area (Å²) in [6.45, 7) is 10.8. The summed E-state index contributed by atoms with van der Waals surface area (Å²) in [5.74, 6) is 1.26. The van der Waals surface area contributed by atoms with Crippen molar-refractivity contribution in [2.75, 3.05) is 26.7 Å². The van der Waals surface area contributed by atoms with E-state index in [1.165, 1.54) is 4.88 Å². The molecule has 1 aliphatic rings. The van der Waals surface area contributed by atoms with Crippen LogP contribution in [0.1, 0.15) is 49.9 Å². The average Bonchev–Trinajstić information content (AvgIpc) is 3.02. The van der Waals surface area contributed by atoms with Gasteiger partial charge in [-0.1, -0.05) is 0 Å². The third kappa shape index (κ3) is 8.93. The Labute approximate surface area is 189 Å². The number of nitrogens with zero attached hydrogens (tertiary/aromatic N) is 3. The fraction of sp³-hybridized carbons (Fsp3) is 0.737. The number of thiazole rings is 1. The summed E-state index contributed by atoms with van der Waals surface area (Å²) in [4.78, 5) is 23.9. The molecule has 1 saturated heterocycles. The number of carbonyl (C=O) groups excluding carboxylic acids is 1. The van der Waals surface area contributed by atoms with Gasteiger partial charge >= 0.3 is 6.09 Å². The number of nitrogens with one attached hydrogen (secondary N) is 2. The zero-order valence-electron chi connectivity index (χ0n) is 17.6. The second-order valence-corrected chi connectivity index (χ2v) is 9.26. The molecular formula is C19H34IN5O2S. The molecule has 1 atom stereocenters. The Morgan fingerprint density at radius 1 is 1.43 bits per heavy atom. The van der Waals surface area contributed by atoms with Crippen molar-refractivity contribution in [3.8, 4) is 0 Å². The van der Waals surface area contributed by atoms with Crippen LogP contribution in [-0.4, -0.2) is 54.2 Å². The van der Waals surface area contributed by atoms with Crippen LogP contribution in [0.15, 0.2) is 11.2 Å². The Kier molecular flexibility index (Phi) is 10.5. The van der Waals surface area contributed by atoms with Gasteiger partial charge in [0.25, 0.3) is 0 Å². The van der Waals surface area contributed by atoms with Crippen molar-refractivity contribution in [1.29, 1.82) is 0 Å². The fourth-order valence-corrected chi connectivity index (χ4v) is 3.78. The summed E-state index contributed by atoms with van der Waals surface area (Å²) in [6.07, 6.45) is 4.86. The van der Waals surface area contributed by atoms with Crippen LogP contribution in [0, 0.1) is 12.8 Å². The first kappa shape index (κ1) is 24.9. The third-order valence-electron chi connectivity index (χ3n) is 4.32. The molecule has 7 nitrogen and oxygen atoms in total. The lowest BCUT2D eigenvalue weighted by molar-refractivity contribution is 0.0162. The highest BCUT2D eigenvalue weighted by atomic mass is 127. The number of amides is 1. The number of halogens is 1. The van der Waals surface area contributed by atoms with E-state index in [2.05, 4.69) is 27.5 Å². The quantitative estimate of drug-likeness (QED) is 0.349. The Morgan fingerprint density at radius 3 is 2.79 bits per heavy atom. The molecule has 0 bridgehead atoms. The van der Waals surface area contributed by atoms with Crippen molar-refractivity contribution in [2.24, 2.45) is 10.9 Å². The van der Waals surface area contributed by atoms with Gasteiger partial charge in [0.2, 0.25) is 0 Å². The Morgan fingerprint density at radius 2 is 2.18 bits per heavy atom. The molecule has 0 aromatic carbocycles. The summed E-state index contributed by atoms with van der Waals surface area (Å²) < 4.78 is 5.50. The van der Waals surface area contributed by atoms with Gasteiger partial charge < -0.3 is 20.3 Å². The van der Waals surface area contributed by atoms with Gasteiger partial charge in [-0.05, 0) is 52.9 Å². The number of aryl methyl sites for hydroxylation is 1. The minimum absolute atomic E-state index is 0. The van der Waals surface area contributed by atoms with Crippen LogP contribution in [0.4, 0.5) is 4.79 Å². The summed E-state index contributed by atoms with van der Waals surface area (Å²) in [5.41, 5.74) is -0.445. The molecule has 0 saturated carbocycles. The number of hydrogen-bond acceptors (Lipinski definition) is 5. The van der Waals surface area contributed by atoms with Gasteiger partial charge in [0.1, 0.15) is 10.6 Å². The van der Waals surface area contributed by atoms with Crippen LogP contribution in [0.3, 0.4) is 0 Å². The molecule has 1 amide bonds. The van der Waals surface area contributed by atoms with Gasteiger partial charge in [-0.3, -0.25) is 4.99 Å². The number of likely N-dealkylation sites (tertiary alicyclic amines) is 1. The largest absolute Gasteiger partial charge is 0.444 e. The van der Waals surface area contributed by atoms with Crippen LogP contribution in [0.25, 0.3) is 0 Å². The molecule has 9 heteroatoms. The second kappa shape index (κ2) is 11.8. The zero-order valence-corrected chi connectivity index (χ0v) is 20.7. The predicted molar refractivity (Wildman–Crippen MR) is 126 cm³/mol. The number of carbonyl (C=O) groups is 1. The Hall–Kier alpha value is -1.10. The van der Waals surface area contributed by atoms with E-state index in [-0.39, 0.29) is 30.1 Å². The maximum atomic E-state index is 12.3. The van der Waals surface area contributed by atoms with Gasteiger partial charge in [-0.15, -0.1) is 35.3 Å². The SMILES string of the molecule is CN=C(NCCC1CCCN(C(=O)OC(C)(C)C)C1)NCc1ncc(C)s1.I. The maximum absolute atomic E-state index is 12.3. The standard InChI is InChI=1S/C19H33N5O2S.HI/c1-14-11-22-16(27-14)12-23-17(20-5)21-9-8-15-7-6-10-24(13-15)18(25)26-19(2,3)4;/h11,15H,6-10,12-13H2,1-5H3,(H2,20,21,23);1H. The van der Waals surface area contributed by atoms with Crippen molar-refractivity contribution in [3.63, 3.8) is 0 Å². The summed E-state index contributed by atoms with van der Waals surface area (Å²) in [6, 6.07) is 0. The van der Waals surface area contributed by atoms with Crippen LogP contribution < -0.4 is 10.6 Å². The fourth-order valence-electron chi connectivity index (χ4n) is 3.05. The van der Waals surface area contributed by atoms with Gasteiger partial charge in [0, 0.05) is 37.8 Å². The summed E-state index contributed by atoms with van der Waals surface area (Å²) in [5, 5.41) is 7.70. The number of aliphatic imine (C=N–C) groups is 1. The highest BCUT2D eigenvalue weighted by Crippen LogP contribution is 2.21. The number of hydrogen-bond donors (Lipinski definition) is 2. The minimum atomic E-state index is -0.445. The number of rotatable bonds is 5. The Balaban J connectivity index is 0.00000392. The van der Waals surface area contributed by atoms with E-state index < -0.39 is 5.60 Å². The number of aromatic nitrogens is 1. The molecule has 2 heterocycles. The molecule has 1 aliphatic heterocycles. The first-order chi connectivity index (χ1) is 12.8. The van der Waals surface area contributed by atoms with Gasteiger partial charge in [-0.2, -0.15) is 0 Å². The lowest BCUT2D eigenvalue weighted by Crippen LogP contribution is -2.44. The normalized spacial score (nSPS) is 17.7. The Bertz CT molecular complexity index is 645. The molecule has 0 spiro atoms. The van der Waals surface area contributed by atoms with Crippen molar-refractivity contribution >= 4 is 47.4 Å². The van der Waals surface area contributed by atoms with Crippen molar-refractivity contribution < 1.29 is 9.53 Å². The van der Waals surface area contributed by atoms with Gasteiger partial charge in [0.05, 0.1) is 6.54 Å². The van der Waals surface area contributed by atoms with Crippen LogP contribution in [0.2, 0.25) is 0 Å². The van der Waals surface area contributed by atoms with E-state index >= 15 is 0 Å². The van der Waals surface area contributed by atoms with E-state index in [0.29, 0.717) is 12.5 Å². The van der Waals surface area contributed by atoms with E-state index in [0.717, 1.165) is 49.9 Å². The lowest BCUT2D eigenvalue weighted by atomic mass is 9.95. The monoisotopic (exact) mass is 523 g/mol. The number of piperidine rings is 1. The molecule has 0 aliphatic carbocycles. The molecule has 1 aromatic rings. The molecule has 2 rings (SSSR count). The molecule has 2 N–H and O–H groups in total. The van der Waals surface area contributed by atoms with Crippen molar-refractivity contribution in [2.45, 2.75) is 59.1 Å². The van der Waals surface area contributed by atoms with Crippen LogP contribution in [0.5, 0.6) is 0 Å². The summed E-state index contributed by atoms with van der Waals surface area (Å²) in [7, 11) is 1.77. The topological polar surface area (TPSA) is 78.9 Å². The minimum Gasteiger partial charge on any atom is -0.444 e. The van der Waals surface area contributed by atoms with Gasteiger partial charge in [0.15, 0.2) is 5.96 Å². The molecule has 1 unspecified atom stereocenters. The molecule has 1 aromatic heterocycles. The lowest BCUT2D eigenvalue weighted by Gasteiger charge is -2.34. The third-order valence-corrected chi connectivity index (χ3v) is 5.23. The molecule has 160 valence electrons. The van der Waals surface area contributed by atoms with Gasteiger partial charge in [-0.25, -0.2) is 9.78 Å². The first-order valence-corrected chi connectivity index (χ1v) is 10.4. The molecular weight excluding hydrogens is 489 g/mol. The van der Waals surface area contributed by atoms with E-state index in [1.807, 2.05) is 31.9 Å². The smallest absolute Gasteiger partial charge is 0.410 e. The van der Waals surface area contributed by atoms with E-state index in [9.17, 15) is 4.79 Å². The maximum Gasteiger partial charge on any atom is 0.410 e. The average molecular weight is 523 g/mol. The highest BCUT2D eigenvalue weighted by Gasteiger charge is 2.27. The molecule has 0 radical (unpaired) electrons. The number of ether oxygens (including phenoxy) is 1. The van der Waals surface area contributed by atoms with E-state index in [4.69, 9.17) is 4.74 Å².